The molecule has 0 unspecified atom stereocenters. The molecule has 0 aliphatic carbocycles. The SMILES string of the molecule is C#CCCCCNCc1cc([N+](=O)[O-])ccc1Cl. The summed E-state index contributed by atoms with van der Waals surface area (Å²) in [6.07, 6.45) is 7.89. The highest BCUT2D eigenvalue weighted by molar-refractivity contribution is 6.31. The molecule has 18 heavy (non-hydrogen) atoms. The van der Waals surface area contributed by atoms with Crippen LogP contribution < -0.4 is 5.32 Å². The van der Waals surface area contributed by atoms with E-state index in [1.54, 1.807) is 6.07 Å². The molecule has 4 nitrogen and oxygen atoms in total. The molecule has 0 saturated carbocycles. The second-order valence-corrected chi connectivity index (χ2v) is 4.28. The van der Waals surface area contributed by atoms with Crippen LogP contribution in [-0.4, -0.2) is 11.5 Å². The number of benzene rings is 1. The molecule has 0 heterocycles. The smallest absolute Gasteiger partial charge is 0.269 e. The molecule has 0 radical (unpaired) electrons. The lowest BCUT2D eigenvalue weighted by atomic mass is 10.2. The van der Waals surface area contributed by atoms with Gasteiger partial charge in [-0.1, -0.05) is 11.6 Å². The van der Waals surface area contributed by atoms with Crippen LogP contribution in [0, 0.1) is 22.5 Å². The molecule has 5 heteroatoms. The lowest BCUT2D eigenvalue weighted by Gasteiger charge is -2.06. The Bertz CT molecular complexity index is 455. The molecule has 0 aromatic heterocycles. The van der Waals surface area contributed by atoms with E-state index in [-0.39, 0.29) is 5.69 Å². The van der Waals surface area contributed by atoms with Gasteiger partial charge in [-0.2, -0.15) is 0 Å². The van der Waals surface area contributed by atoms with E-state index in [9.17, 15) is 10.1 Å². The van der Waals surface area contributed by atoms with Crippen molar-refractivity contribution in [1.82, 2.24) is 5.32 Å². The summed E-state index contributed by atoms with van der Waals surface area (Å²) in [6, 6.07) is 4.45. The Kier molecular flexibility index (Phi) is 6.20. The zero-order chi connectivity index (χ0) is 13.4. The van der Waals surface area contributed by atoms with Crippen LogP contribution in [0.5, 0.6) is 0 Å². The van der Waals surface area contributed by atoms with Gasteiger partial charge in [-0.3, -0.25) is 10.1 Å². The fourth-order valence-electron chi connectivity index (χ4n) is 1.51. The second-order valence-electron chi connectivity index (χ2n) is 3.87. The van der Waals surface area contributed by atoms with Crippen molar-refractivity contribution < 1.29 is 4.92 Å². The minimum Gasteiger partial charge on any atom is -0.313 e. The number of hydrogen-bond donors (Lipinski definition) is 1. The van der Waals surface area contributed by atoms with Crippen LogP contribution in [0.4, 0.5) is 5.69 Å². The highest BCUT2D eigenvalue weighted by atomic mass is 35.5. The molecule has 0 bridgehead atoms. The Labute approximate surface area is 111 Å². The lowest BCUT2D eigenvalue weighted by Crippen LogP contribution is -2.15. The van der Waals surface area contributed by atoms with Gasteiger partial charge in [-0.15, -0.1) is 12.3 Å². The Morgan fingerprint density at radius 3 is 2.89 bits per heavy atom. The Hall–Kier alpha value is -1.57. The van der Waals surface area contributed by atoms with Crippen LogP contribution in [0.1, 0.15) is 24.8 Å². The number of terminal acetylenes is 1. The predicted molar refractivity (Wildman–Crippen MR) is 72.5 cm³/mol. The number of nitro benzene ring substituents is 1. The summed E-state index contributed by atoms with van der Waals surface area (Å²) >= 11 is 5.97. The van der Waals surface area contributed by atoms with Crippen LogP contribution >= 0.6 is 11.6 Å². The maximum absolute atomic E-state index is 10.6. The van der Waals surface area contributed by atoms with Crippen LogP contribution in [0.15, 0.2) is 18.2 Å². The van der Waals surface area contributed by atoms with Gasteiger partial charge < -0.3 is 5.32 Å². The van der Waals surface area contributed by atoms with E-state index in [4.69, 9.17) is 18.0 Å². The van der Waals surface area contributed by atoms with Crippen LogP contribution in [0.3, 0.4) is 0 Å². The molecule has 0 aliphatic heterocycles. The molecule has 0 fully saturated rings. The molecule has 0 spiro atoms. The third kappa shape index (κ3) is 4.74. The number of hydrogen-bond acceptors (Lipinski definition) is 3. The fourth-order valence-corrected chi connectivity index (χ4v) is 1.69. The summed E-state index contributed by atoms with van der Waals surface area (Å²) in [5.74, 6) is 2.58. The van der Waals surface area contributed by atoms with Crippen LogP contribution in [-0.2, 0) is 6.54 Å². The van der Waals surface area contributed by atoms with Crippen molar-refractivity contribution in [2.24, 2.45) is 0 Å². The highest BCUT2D eigenvalue weighted by Crippen LogP contribution is 2.21. The number of nitrogens with one attached hydrogen (secondary N) is 1. The van der Waals surface area contributed by atoms with Crippen molar-refractivity contribution in [1.29, 1.82) is 0 Å². The first-order valence-corrected chi connectivity index (χ1v) is 6.10. The number of nitro groups is 1. The average molecular weight is 267 g/mol. The second kappa shape index (κ2) is 7.70. The summed E-state index contributed by atoms with van der Waals surface area (Å²) in [6.45, 7) is 1.34. The molecular formula is C13H15ClN2O2. The standard InChI is InChI=1S/C13H15ClN2O2/c1-2-3-4-5-8-15-10-11-9-12(16(17)18)6-7-13(11)14/h1,6-7,9,15H,3-5,8,10H2. The molecule has 0 saturated heterocycles. The molecule has 1 N–H and O–H groups in total. The van der Waals surface area contributed by atoms with E-state index in [1.807, 2.05) is 0 Å². The first kappa shape index (κ1) is 14.5. The van der Waals surface area contributed by atoms with E-state index >= 15 is 0 Å². The molecule has 1 aromatic carbocycles. The van der Waals surface area contributed by atoms with Gasteiger partial charge in [-0.25, -0.2) is 0 Å². The van der Waals surface area contributed by atoms with Gasteiger partial charge in [0.15, 0.2) is 0 Å². The van der Waals surface area contributed by atoms with E-state index in [0.29, 0.717) is 11.6 Å². The molecule has 0 atom stereocenters. The Balaban J connectivity index is 2.44. The van der Waals surface area contributed by atoms with Crippen molar-refractivity contribution in [2.45, 2.75) is 25.8 Å². The van der Waals surface area contributed by atoms with Crippen molar-refractivity contribution in [3.8, 4) is 12.3 Å². The molecule has 1 rings (SSSR count). The van der Waals surface area contributed by atoms with Crippen molar-refractivity contribution in [2.75, 3.05) is 6.54 Å². The topological polar surface area (TPSA) is 55.2 Å². The number of unbranched alkanes of at least 4 members (excludes halogenated alkanes) is 2. The molecule has 0 amide bonds. The maximum atomic E-state index is 10.6. The van der Waals surface area contributed by atoms with Gasteiger partial charge in [-0.05, 0) is 31.0 Å². The number of nitrogens with zero attached hydrogens (tertiary/aromatic N) is 1. The largest absolute Gasteiger partial charge is 0.313 e. The third-order valence-electron chi connectivity index (χ3n) is 2.48. The summed E-state index contributed by atoms with van der Waals surface area (Å²) in [5.41, 5.74) is 0.798. The van der Waals surface area contributed by atoms with Gasteiger partial charge in [0, 0.05) is 30.1 Å². The quantitative estimate of drug-likeness (QED) is 0.357. The average Bonchev–Trinajstić information content (AvgIpc) is 2.35. The normalized spacial score (nSPS) is 10.0. The minimum absolute atomic E-state index is 0.0588. The summed E-state index contributed by atoms with van der Waals surface area (Å²) in [4.78, 5) is 10.2. The van der Waals surface area contributed by atoms with Crippen molar-refractivity contribution >= 4 is 17.3 Å². The summed E-state index contributed by atoms with van der Waals surface area (Å²) < 4.78 is 0. The Morgan fingerprint density at radius 1 is 1.44 bits per heavy atom. The monoisotopic (exact) mass is 266 g/mol. The fraction of sp³-hybridized carbons (Fsp3) is 0.385. The van der Waals surface area contributed by atoms with Crippen LogP contribution in [0.25, 0.3) is 0 Å². The maximum Gasteiger partial charge on any atom is 0.269 e. The minimum atomic E-state index is -0.424. The number of non-ortho nitro benzene ring substituents is 1. The molecule has 96 valence electrons. The van der Waals surface area contributed by atoms with Gasteiger partial charge in [0.05, 0.1) is 4.92 Å². The third-order valence-corrected chi connectivity index (χ3v) is 2.85. The van der Waals surface area contributed by atoms with Crippen molar-refractivity contribution in [3.63, 3.8) is 0 Å². The van der Waals surface area contributed by atoms with Gasteiger partial charge in [0.25, 0.3) is 5.69 Å². The number of rotatable bonds is 7. The van der Waals surface area contributed by atoms with Crippen molar-refractivity contribution in [3.05, 3.63) is 38.9 Å². The molecule has 1 aromatic rings. The predicted octanol–water partition coefficient (Wildman–Crippen LogP) is 3.14. The van der Waals surface area contributed by atoms with Gasteiger partial charge in [0.2, 0.25) is 0 Å². The van der Waals surface area contributed by atoms with Gasteiger partial charge in [0.1, 0.15) is 0 Å². The Morgan fingerprint density at radius 2 is 2.22 bits per heavy atom. The summed E-state index contributed by atoms with van der Waals surface area (Å²) in [5, 5.41) is 14.4. The first-order chi connectivity index (χ1) is 8.65. The highest BCUT2D eigenvalue weighted by Gasteiger charge is 2.08. The van der Waals surface area contributed by atoms with E-state index in [1.165, 1.54) is 12.1 Å². The summed E-state index contributed by atoms with van der Waals surface area (Å²) in [7, 11) is 0. The van der Waals surface area contributed by atoms with Crippen LogP contribution in [0.2, 0.25) is 5.02 Å². The lowest BCUT2D eigenvalue weighted by molar-refractivity contribution is -0.384. The van der Waals surface area contributed by atoms with E-state index < -0.39 is 4.92 Å². The number of halogens is 1. The molecule has 0 aliphatic rings. The first-order valence-electron chi connectivity index (χ1n) is 5.72. The van der Waals surface area contributed by atoms with E-state index in [0.717, 1.165) is 31.4 Å². The zero-order valence-corrected chi connectivity index (χ0v) is 10.7. The van der Waals surface area contributed by atoms with Gasteiger partial charge >= 0.3 is 0 Å². The zero-order valence-electron chi connectivity index (χ0n) is 9.99. The molecular weight excluding hydrogens is 252 g/mol. The van der Waals surface area contributed by atoms with E-state index in [2.05, 4.69) is 11.2 Å².